The van der Waals surface area contributed by atoms with E-state index in [1.54, 1.807) is 13.0 Å². The van der Waals surface area contributed by atoms with Crippen LogP contribution >= 0.6 is 0 Å². The molecule has 1 aromatic carbocycles. The van der Waals surface area contributed by atoms with E-state index in [0.29, 0.717) is 12.0 Å². The lowest BCUT2D eigenvalue weighted by molar-refractivity contribution is 0.617. The van der Waals surface area contributed by atoms with Gasteiger partial charge in [0.15, 0.2) is 0 Å². The van der Waals surface area contributed by atoms with Gasteiger partial charge in [0.25, 0.3) is 0 Å². The number of rotatable bonds is 1. The summed E-state index contributed by atoms with van der Waals surface area (Å²) < 4.78 is 12.8. The third kappa shape index (κ3) is 1.81. The van der Waals surface area contributed by atoms with Gasteiger partial charge in [0.05, 0.1) is 0 Å². The highest BCUT2D eigenvalue weighted by Gasteiger charge is 1.96. The van der Waals surface area contributed by atoms with Crippen molar-refractivity contribution in [1.29, 1.82) is 0 Å². The summed E-state index contributed by atoms with van der Waals surface area (Å²) in [5.74, 6) is 2.28. The van der Waals surface area contributed by atoms with Gasteiger partial charge in [0.1, 0.15) is 5.82 Å². The third-order valence-electron chi connectivity index (χ3n) is 1.54. The first-order valence-electron chi connectivity index (χ1n) is 3.42. The summed E-state index contributed by atoms with van der Waals surface area (Å²) in [4.78, 5) is 0. The fraction of sp³-hybridized carbons (Fsp3) is 0.200. The van der Waals surface area contributed by atoms with Crippen molar-refractivity contribution in [2.75, 3.05) is 0 Å². The van der Waals surface area contributed by atoms with Crippen molar-refractivity contribution in [3.8, 4) is 12.3 Å². The minimum atomic E-state index is -0.183. The minimum absolute atomic E-state index is 0.183. The number of benzene rings is 1. The highest BCUT2D eigenvalue weighted by atomic mass is 19.1. The van der Waals surface area contributed by atoms with E-state index >= 15 is 0 Å². The van der Waals surface area contributed by atoms with Gasteiger partial charge in [-0.1, -0.05) is 12.1 Å². The van der Waals surface area contributed by atoms with Gasteiger partial charge in [0.2, 0.25) is 0 Å². The van der Waals surface area contributed by atoms with E-state index in [1.165, 1.54) is 6.07 Å². The van der Waals surface area contributed by atoms with E-state index in [1.807, 2.05) is 6.07 Å². The lowest BCUT2D eigenvalue weighted by Gasteiger charge is -1.97. The molecule has 0 spiro atoms. The van der Waals surface area contributed by atoms with E-state index in [2.05, 4.69) is 5.92 Å². The van der Waals surface area contributed by atoms with Crippen LogP contribution in [0.5, 0.6) is 0 Å². The van der Waals surface area contributed by atoms with Crippen LogP contribution in [-0.2, 0) is 6.42 Å². The molecule has 11 heavy (non-hydrogen) atoms. The fourth-order valence-electron chi connectivity index (χ4n) is 0.864. The van der Waals surface area contributed by atoms with Crippen molar-refractivity contribution < 1.29 is 4.39 Å². The molecule has 0 amide bonds. The molecule has 0 radical (unpaired) electrons. The van der Waals surface area contributed by atoms with Gasteiger partial charge < -0.3 is 0 Å². The summed E-state index contributed by atoms with van der Waals surface area (Å²) in [5, 5.41) is 0. The zero-order valence-electron chi connectivity index (χ0n) is 6.39. The standard InChI is InChI=1S/C10H9F/c1-3-4-9-6-5-8(2)10(11)7-9/h1,5-7H,4H2,2H3. The van der Waals surface area contributed by atoms with E-state index in [0.717, 1.165) is 5.56 Å². The molecule has 1 rings (SSSR count). The molecule has 0 nitrogen and oxygen atoms in total. The Labute approximate surface area is 66.1 Å². The quantitative estimate of drug-likeness (QED) is 0.536. The Kier molecular flexibility index (Phi) is 2.28. The van der Waals surface area contributed by atoms with Gasteiger partial charge in [-0.2, -0.15) is 0 Å². The first kappa shape index (κ1) is 7.81. The molecular weight excluding hydrogens is 139 g/mol. The molecule has 0 aliphatic rings. The van der Waals surface area contributed by atoms with Crippen molar-refractivity contribution >= 4 is 0 Å². The van der Waals surface area contributed by atoms with Gasteiger partial charge >= 0.3 is 0 Å². The first-order chi connectivity index (χ1) is 5.24. The summed E-state index contributed by atoms with van der Waals surface area (Å²) >= 11 is 0. The van der Waals surface area contributed by atoms with Crippen LogP contribution in [0.2, 0.25) is 0 Å². The zero-order valence-corrected chi connectivity index (χ0v) is 6.39. The molecule has 0 aliphatic heterocycles. The second-order valence-corrected chi connectivity index (χ2v) is 2.46. The van der Waals surface area contributed by atoms with Crippen LogP contribution in [-0.4, -0.2) is 0 Å². The predicted molar refractivity (Wildman–Crippen MR) is 43.7 cm³/mol. The molecule has 0 N–H and O–H groups in total. The number of halogens is 1. The smallest absolute Gasteiger partial charge is 0.126 e. The maximum absolute atomic E-state index is 12.8. The number of hydrogen-bond donors (Lipinski definition) is 0. The highest BCUT2D eigenvalue weighted by Crippen LogP contribution is 2.08. The van der Waals surface area contributed by atoms with Crippen LogP contribution in [0, 0.1) is 25.1 Å². The molecule has 0 aromatic heterocycles. The Hall–Kier alpha value is -1.29. The molecule has 1 heteroatoms. The van der Waals surface area contributed by atoms with Gasteiger partial charge in [-0.25, -0.2) is 4.39 Å². The number of aryl methyl sites for hydroxylation is 1. The molecule has 0 atom stereocenters. The predicted octanol–water partition coefficient (Wildman–Crippen LogP) is 2.31. The lowest BCUT2D eigenvalue weighted by Crippen LogP contribution is -1.86. The van der Waals surface area contributed by atoms with Crippen LogP contribution in [0.1, 0.15) is 11.1 Å². The largest absolute Gasteiger partial charge is 0.207 e. The molecule has 0 saturated carbocycles. The molecular formula is C10H9F. The van der Waals surface area contributed by atoms with Crippen LogP contribution in [0.25, 0.3) is 0 Å². The normalized spacial score (nSPS) is 9.18. The summed E-state index contributed by atoms with van der Waals surface area (Å²) in [7, 11) is 0. The average molecular weight is 148 g/mol. The summed E-state index contributed by atoms with van der Waals surface area (Å²) in [6.07, 6.45) is 5.57. The Bertz CT molecular complexity index is 294. The topological polar surface area (TPSA) is 0 Å². The molecule has 0 unspecified atom stereocenters. The highest BCUT2D eigenvalue weighted by molar-refractivity contribution is 5.25. The minimum Gasteiger partial charge on any atom is -0.207 e. The van der Waals surface area contributed by atoms with Gasteiger partial charge in [0, 0.05) is 6.42 Å². The first-order valence-corrected chi connectivity index (χ1v) is 3.42. The fourth-order valence-corrected chi connectivity index (χ4v) is 0.864. The van der Waals surface area contributed by atoms with Crippen LogP contribution in [0.4, 0.5) is 4.39 Å². The maximum Gasteiger partial charge on any atom is 0.126 e. The summed E-state index contributed by atoms with van der Waals surface area (Å²) in [5.41, 5.74) is 1.52. The molecule has 0 heterocycles. The summed E-state index contributed by atoms with van der Waals surface area (Å²) in [6, 6.07) is 5.06. The monoisotopic (exact) mass is 148 g/mol. The van der Waals surface area contributed by atoms with Crippen molar-refractivity contribution in [3.63, 3.8) is 0 Å². The van der Waals surface area contributed by atoms with Crippen molar-refractivity contribution in [1.82, 2.24) is 0 Å². The molecule has 56 valence electrons. The SMILES string of the molecule is C#CCc1ccc(C)c(F)c1. The second-order valence-electron chi connectivity index (χ2n) is 2.46. The summed E-state index contributed by atoms with van der Waals surface area (Å²) in [6.45, 7) is 1.73. The van der Waals surface area contributed by atoms with Gasteiger partial charge in [-0.05, 0) is 24.1 Å². The zero-order chi connectivity index (χ0) is 8.27. The molecule has 1 aromatic rings. The Balaban J connectivity index is 2.98. The van der Waals surface area contributed by atoms with Gasteiger partial charge in [-0.3, -0.25) is 0 Å². The molecule has 0 aliphatic carbocycles. The van der Waals surface area contributed by atoms with E-state index in [4.69, 9.17) is 6.42 Å². The van der Waals surface area contributed by atoms with Crippen LogP contribution in [0.3, 0.4) is 0 Å². The van der Waals surface area contributed by atoms with E-state index < -0.39 is 0 Å². The van der Waals surface area contributed by atoms with E-state index in [-0.39, 0.29) is 5.82 Å². The third-order valence-corrected chi connectivity index (χ3v) is 1.54. The van der Waals surface area contributed by atoms with Crippen LogP contribution in [0.15, 0.2) is 18.2 Å². The van der Waals surface area contributed by atoms with Crippen molar-refractivity contribution in [2.24, 2.45) is 0 Å². The molecule has 0 fully saturated rings. The number of hydrogen-bond acceptors (Lipinski definition) is 0. The second kappa shape index (κ2) is 3.21. The lowest BCUT2D eigenvalue weighted by atomic mass is 10.1. The Morgan fingerprint density at radius 3 is 2.82 bits per heavy atom. The Morgan fingerprint density at radius 1 is 1.55 bits per heavy atom. The van der Waals surface area contributed by atoms with Crippen molar-refractivity contribution in [3.05, 3.63) is 35.1 Å². The molecule has 0 bridgehead atoms. The Morgan fingerprint density at radius 2 is 2.27 bits per heavy atom. The van der Waals surface area contributed by atoms with Gasteiger partial charge in [-0.15, -0.1) is 12.3 Å². The average Bonchev–Trinajstić information content (AvgIpc) is 1.98. The van der Waals surface area contributed by atoms with Crippen LogP contribution < -0.4 is 0 Å². The molecule has 0 saturated heterocycles. The van der Waals surface area contributed by atoms with Crippen molar-refractivity contribution in [2.45, 2.75) is 13.3 Å². The van der Waals surface area contributed by atoms with E-state index in [9.17, 15) is 4.39 Å². The maximum atomic E-state index is 12.8. The number of terminal acetylenes is 1.